The molecule has 3 rings (SSSR count). The van der Waals surface area contributed by atoms with Gasteiger partial charge in [-0.05, 0) is 48.0 Å². The molecule has 0 bridgehead atoms. The molecule has 1 saturated heterocycles. The third-order valence-electron chi connectivity index (χ3n) is 3.16. The zero-order valence-electron chi connectivity index (χ0n) is 11.2. The first-order valence-electron chi connectivity index (χ1n) is 6.43. The van der Waals surface area contributed by atoms with Crippen molar-refractivity contribution >= 4 is 55.4 Å². The fraction of sp³-hybridized carbons (Fsp3) is 0. The van der Waals surface area contributed by atoms with Gasteiger partial charge in [0.05, 0.1) is 5.69 Å². The minimum atomic E-state index is -0.407. The molecule has 2 aromatic rings. The number of nitrogens with one attached hydrogen (secondary N) is 1. The van der Waals surface area contributed by atoms with Crippen molar-refractivity contribution in [1.82, 2.24) is 5.43 Å². The van der Waals surface area contributed by atoms with Crippen LogP contribution in [0.5, 0.6) is 0 Å². The molecule has 0 atom stereocenters. The first-order valence-corrected chi connectivity index (χ1v) is 8.01. The van der Waals surface area contributed by atoms with Gasteiger partial charge in [-0.2, -0.15) is 0 Å². The highest BCUT2D eigenvalue weighted by Crippen LogP contribution is 2.23. The number of rotatable bonds is 2. The number of carbonyl (C=O) groups excluding carboxylic acids is 2. The van der Waals surface area contributed by atoms with Crippen molar-refractivity contribution in [1.29, 1.82) is 0 Å². The van der Waals surface area contributed by atoms with E-state index in [1.165, 1.54) is 5.01 Å². The van der Waals surface area contributed by atoms with Crippen LogP contribution in [0, 0.1) is 0 Å². The average Bonchev–Trinajstić information content (AvgIpc) is 2.78. The van der Waals surface area contributed by atoms with Gasteiger partial charge in [0, 0.05) is 8.95 Å². The molecule has 0 aliphatic carbocycles. The average molecular weight is 422 g/mol. The second kappa shape index (κ2) is 6.06. The normalized spacial score (nSPS) is 16.3. The van der Waals surface area contributed by atoms with Crippen molar-refractivity contribution in [2.75, 3.05) is 5.01 Å². The van der Waals surface area contributed by atoms with E-state index in [1.54, 1.807) is 18.2 Å². The lowest BCUT2D eigenvalue weighted by molar-refractivity contribution is -0.117. The second-order valence-electron chi connectivity index (χ2n) is 4.67. The van der Waals surface area contributed by atoms with Gasteiger partial charge in [-0.25, -0.2) is 5.01 Å². The molecule has 22 heavy (non-hydrogen) atoms. The maximum absolute atomic E-state index is 12.4. The van der Waals surface area contributed by atoms with E-state index in [0.29, 0.717) is 5.69 Å². The summed E-state index contributed by atoms with van der Waals surface area (Å²) in [6.07, 6.45) is 1.59. The molecule has 2 aromatic carbocycles. The first-order chi connectivity index (χ1) is 10.5. The van der Waals surface area contributed by atoms with Crippen LogP contribution >= 0.6 is 31.9 Å². The third-order valence-corrected chi connectivity index (χ3v) is 4.21. The number of amides is 2. The molecule has 1 fully saturated rings. The summed E-state index contributed by atoms with van der Waals surface area (Å²) in [4.78, 5) is 24.5. The Bertz CT molecular complexity index is 768. The number of nitrogens with zero attached hydrogens (tertiary/aromatic N) is 1. The summed E-state index contributed by atoms with van der Waals surface area (Å²) >= 11 is 6.69. The molecule has 0 radical (unpaired) electrons. The highest BCUT2D eigenvalue weighted by molar-refractivity contribution is 9.10. The molecule has 0 aromatic heterocycles. The van der Waals surface area contributed by atoms with E-state index in [0.717, 1.165) is 14.5 Å². The maximum atomic E-state index is 12.4. The maximum Gasteiger partial charge on any atom is 0.282 e. The van der Waals surface area contributed by atoms with Crippen molar-refractivity contribution in [3.63, 3.8) is 0 Å². The molecule has 4 nitrogen and oxygen atoms in total. The minimum Gasteiger partial charge on any atom is -0.267 e. The van der Waals surface area contributed by atoms with Crippen LogP contribution in [0.3, 0.4) is 0 Å². The lowest BCUT2D eigenvalue weighted by Gasteiger charge is -2.14. The number of benzene rings is 2. The molecule has 1 N–H and O–H groups in total. The van der Waals surface area contributed by atoms with Crippen molar-refractivity contribution in [2.24, 2.45) is 0 Å². The number of hydrogen-bond acceptors (Lipinski definition) is 2. The van der Waals surface area contributed by atoms with Crippen LogP contribution in [0.25, 0.3) is 6.08 Å². The van der Waals surface area contributed by atoms with Crippen molar-refractivity contribution in [3.05, 3.63) is 68.6 Å². The summed E-state index contributed by atoms with van der Waals surface area (Å²) in [5.41, 5.74) is 4.09. The summed E-state index contributed by atoms with van der Waals surface area (Å²) < 4.78 is 1.84. The third kappa shape index (κ3) is 2.98. The van der Waals surface area contributed by atoms with E-state index in [9.17, 15) is 9.59 Å². The van der Waals surface area contributed by atoms with E-state index >= 15 is 0 Å². The van der Waals surface area contributed by atoms with Gasteiger partial charge in [-0.1, -0.05) is 44.0 Å². The predicted octanol–water partition coefficient (Wildman–Crippen LogP) is 3.67. The Morgan fingerprint density at radius 3 is 2.00 bits per heavy atom. The largest absolute Gasteiger partial charge is 0.282 e. The molecule has 2 amide bonds. The van der Waals surface area contributed by atoms with E-state index in [1.807, 2.05) is 36.4 Å². The number of anilines is 1. The van der Waals surface area contributed by atoms with Gasteiger partial charge in [-0.15, -0.1) is 0 Å². The highest BCUT2D eigenvalue weighted by atomic mass is 79.9. The van der Waals surface area contributed by atoms with E-state index in [4.69, 9.17) is 0 Å². The van der Waals surface area contributed by atoms with Crippen LogP contribution < -0.4 is 10.4 Å². The van der Waals surface area contributed by atoms with E-state index in [2.05, 4.69) is 37.3 Å². The summed E-state index contributed by atoms with van der Waals surface area (Å²) in [5, 5.41) is 1.25. The van der Waals surface area contributed by atoms with Gasteiger partial charge in [-0.3, -0.25) is 15.0 Å². The van der Waals surface area contributed by atoms with Crippen molar-refractivity contribution < 1.29 is 9.59 Å². The fourth-order valence-corrected chi connectivity index (χ4v) is 2.58. The number of hydrazine groups is 1. The lowest BCUT2D eigenvalue weighted by atomic mass is 10.1. The van der Waals surface area contributed by atoms with Crippen LogP contribution in [0.15, 0.2) is 63.0 Å². The molecule has 110 valence electrons. The number of hydrogen-bond donors (Lipinski definition) is 1. The summed E-state index contributed by atoms with van der Waals surface area (Å²) in [7, 11) is 0. The second-order valence-corrected chi connectivity index (χ2v) is 6.50. The summed E-state index contributed by atoms with van der Waals surface area (Å²) in [6.45, 7) is 0. The van der Waals surface area contributed by atoms with Crippen LogP contribution in [-0.4, -0.2) is 11.8 Å². The highest BCUT2D eigenvalue weighted by Gasteiger charge is 2.34. The zero-order valence-corrected chi connectivity index (χ0v) is 14.4. The minimum absolute atomic E-state index is 0.116. The van der Waals surface area contributed by atoms with Crippen LogP contribution in [-0.2, 0) is 9.59 Å². The molecule has 0 spiro atoms. The molecule has 0 saturated carbocycles. The standard InChI is InChI=1S/C16H10Br2N2O2/c17-11-3-1-10(2-4-11)9-14-15(21)19-20(16(14)22)13-7-5-12(18)6-8-13/h1-9H,(H,19,21)/b14-9-. The summed E-state index contributed by atoms with van der Waals surface area (Å²) in [5.74, 6) is -0.772. The molecule has 1 heterocycles. The number of halogens is 2. The fourth-order valence-electron chi connectivity index (χ4n) is 2.06. The Hall–Kier alpha value is -1.92. The Morgan fingerprint density at radius 1 is 0.864 bits per heavy atom. The van der Waals surface area contributed by atoms with E-state index in [-0.39, 0.29) is 11.5 Å². The smallest absolute Gasteiger partial charge is 0.267 e. The zero-order chi connectivity index (χ0) is 15.7. The first kappa shape index (κ1) is 15.0. The lowest BCUT2D eigenvalue weighted by Crippen LogP contribution is -2.35. The van der Waals surface area contributed by atoms with Crippen LogP contribution in [0.4, 0.5) is 5.69 Å². The van der Waals surface area contributed by atoms with Crippen molar-refractivity contribution in [3.8, 4) is 0 Å². The summed E-state index contributed by atoms with van der Waals surface area (Å²) in [6, 6.07) is 14.5. The van der Waals surface area contributed by atoms with Gasteiger partial charge < -0.3 is 0 Å². The molecule has 6 heteroatoms. The molecule has 0 unspecified atom stereocenters. The molecule has 1 aliphatic heterocycles. The van der Waals surface area contributed by atoms with Gasteiger partial charge >= 0.3 is 0 Å². The van der Waals surface area contributed by atoms with Crippen LogP contribution in [0.2, 0.25) is 0 Å². The Balaban J connectivity index is 1.91. The van der Waals surface area contributed by atoms with Crippen LogP contribution in [0.1, 0.15) is 5.56 Å². The Kier molecular flexibility index (Phi) is 4.13. The molecular formula is C16H10Br2N2O2. The van der Waals surface area contributed by atoms with Gasteiger partial charge in [0.25, 0.3) is 11.8 Å². The monoisotopic (exact) mass is 420 g/mol. The predicted molar refractivity (Wildman–Crippen MR) is 91.9 cm³/mol. The van der Waals surface area contributed by atoms with E-state index < -0.39 is 5.91 Å². The molecular weight excluding hydrogens is 412 g/mol. The van der Waals surface area contributed by atoms with Gasteiger partial charge in [0.2, 0.25) is 0 Å². The van der Waals surface area contributed by atoms with Crippen molar-refractivity contribution in [2.45, 2.75) is 0 Å². The SMILES string of the molecule is O=C1NN(c2ccc(Br)cc2)C(=O)/C1=C\c1ccc(Br)cc1. The van der Waals surface area contributed by atoms with Gasteiger partial charge in [0.1, 0.15) is 5.57 Å². The topological polar surface area (TPSA) is 49.4 Å². The Morgan fingerprint density at radius 2 is 1.41 bits per heavy atom. The van der Waals surface area contributed by atoms with Gasteiger partial charge in [0.15, 0.2) is 0 Å². The Labute approximate surface area is 144 Å². The molecule has 1 aliphatic rings. The quantitative estimate of drug-likeness (QED) is 0.594. The number of carbonyl (C=O) groups is 2.